The van der Waals surface area contributed by atoms with Gasteiger partial charge in [0.15, 0.2) is 0 Å². The quantitative estimate of drug-likeness (QED) is 0.728. The van der Waals surface area contributed by atoms with Crippen LogP contribution in [0.5, 0.6) is 0 Å². The monoisotopic (exact) mass is 266 g/mol. The van der Waals surface area contributed by atoms with Crippen molar-refractivity contribution in [1.82, 2.24) is 0 Å². The topological polar surface area (TPSA) is 20.2 Å². The first kappa shape index (κ1) is 15.4. The molecule has 1 N–H and O–H groups in total. The fraction of sp³-hybridized carbons (Fsp3) is 1.00. The Morgan fingerprint density at radius 2 is 1.42 bits per heavy atom. The third-order valence-corrected chi connectivity index (χ3v) is 5.88. The third kappa shape index (κ3) is 4.48. The lowest BCUT2D eigenvalue weighted by molar-refractivity contribution is 0.00682. The fourth-order valence-electron chi connectivity index (χ4n) is 4.32. The summed E-state index contributed by atoms with van der Waals surface area (Å²) >= 11 is 0. The molecule has 1 unspecified atom stereocenters. The fourth-order valence-corrected chi connectivity index (χ4v) is 4.32. The van der Waals surface area contributed by atoms with Crippen LogP contribution in [-0.4, -0.2) is 11.2 Å². The predicted molar refractivity (Wildman–Crippen MR) is 82.1 cm³/mol. The smallest absolute Gasteiger partial charge is 0.0596 e. The van der Waals surface area contributed by atoms with Crippen LogP contribution in [0.1, 0.15) is 84.5 Å². The third-order valence-electron chi connectivity index (χ3n) is 5.88. The largest absolute Gasteiger partial charge is 0.393 e. The second-order valence-electron chi connectivity index (χ2n) is 7.43. The molecule has 2 saturated carbocycles. The average molecular weight is 266 g/mol. The zero-order valence-corrected chi connectivity index (χ0v) is 13.1. The SMILES string of the molecule is CCCCC1CCC(C(O)C2CCC(C)CC2)CC1. The maximum absolute atomic E-state index is 10.6. The van der Waals surface area contributed by atoms with Crippen LogP contribution in [0.4, 0.5) is 0 Å². The van der Waals surface area contributed by atoms with E-state index in [0.717, 1.165) is 11.8 Å². The average Bonchev–Trinajstić information content (AvgIpc) is 2.46. The van der Waals surface area contributed by atoms with Crippen molar-refractivity contribution in [3.05, 3.63) is 0 Å². The van der Waals surface area contributed by atoms with Crippen LogP contribution >= 0.6 is 0 Å². The highest BCUT2D eigenvalue weighted by atomic mass is 16.3. The summed E-state index contributed by atoms with van der Waals surface area (Å²) in [5.41, 5.74) is 0. The van der Waals surface area contributed by atoms with Crippen LogP contribution in [0.15, 0.2) is 0 Å². The zero-order chi connectivity index (χ0) is 13.7. The van der Waals surface area contributed by atoms with Crippen LogP contribution < -0.4 is 0 Å². The van der Waals surface area contributed by atoms with Gasteiger partial charge in [0, 0.05) is 0 Å². The van der Waals surface area contributed by atoms with Gasteiger partial charge in [0.2, 0.25) is 0 Å². The summed E-state index contributed by atoms with van der Waals surface area (Å²) in [5, 5.41) is 10.6. The lowest BCUT2D eigenvalue weighted by atomic mass is 9.71. The zero-order valence-electron chi connectivity index (χ0n) is 13.1. The maximum Gasteiger partial charge on any atom is 0.0596 e. The molecule has 0 heterocycles. The molecule has 0 aromatic rings. The summed E-state index contributed by atoms with van der Waals surface area (Å²) < 4.78 is 0. The minimum atomic E-state index is 0.0135. The highest BCUT2D eigenvalue weighted by molar-refractivity contribution is 4.84. The van der Waals surface area contributed by atoms with Crippen molar-refractivity contribution in [2.75, 3.05) is 0 Å². The predicted octanol–water partition coefficient (Wildman–Crippen LogP) is 5.17. The number of hydrogen-bond donors (Lipinski definition) is 1. The Morgan fingerprint density at radius 1 is 0.895 bits per heavy atom. The van der Waals surface area contributed by atoms with E-state index in [2.05, 4.69) is 13.8 Å². The van der Waals surface area contributed by atoms with Crippen molar-refractivity contribution in [3.63, 3.8) is 0 Å². The van der Waals surface area contributed by atoms with Gasteiger partial charge in [0.25, 0.3) is 0 Å². The summed E-state index contributed by atoms with van der Waals surface area (Å²) in [7, 11) is 0. The Hall–Kier alpha value is -0.0400. The highest BCUT2D eigenvalue weighted by Crippen LogP contribution is 2.39. The van der Waals surface area contributed by atoms with E-state index in [1.165, 1.54) is 70.6 Å². The molecule has 1 atom stereocenters. The minimum Gasteiger partial charge on any atom is -0.393 e. The molecular formula is C18H34O. The number of unbranched alkanes of at least 4 members (excludes halogenated alkanes) is 1. The van der Waals surface area contributed by atoms with E-state index in [-0.39, 0.29) is 6.10 Å². The molecule has 2 aliphatic rings. The molecule has 2 fully saturated rings. The standard InChI is InChI=1S/C18H34O/c1-3-4-5-15-8-12-17(13-9-15)18(19)16-10-6-14(2)7-11-16/h14-19H,3-13H2,1-2H3. The van der Waals surface area contributed by atoms with Gasteiger partial charge in [-0.1, -0.05) is 58.8 Å². The van der Waals surface area contributed by atoms with Crippen molar-refractivity contribution in [1.29, 1.82) is 0 Å². The summed E-state index contributed by atoms with van der Waals surface area (Å²) in [6, 6.07) is 0. The van der Waals surface area contributed by atoms with E-state index in [9.17, 15) is 5.11 Å². The summed E-state index contributed by atoms with van der Waals surface area (Å²) in [6.45, 7) is 4.65. The molecule has 2 rings (SSSR count). The van der Waals surface area contributed by atoms with Crippen molar-refractivity contribution >= 4 is 0 Å². The number of aliphatic hydroxyl groups excluding tert-OH is 1. The second-order valence-corrected chi connectivity index (χ2v) is 7.43. The molecule has 1 nitrogen and oxygen atoms in total. The highest BCUT2D eigenvalue weighted by Gasteiger charge is 2.32. The van der Waals surface area contributed by atoms with Gasteiger partial charge in [-0.25, -0.2) is 0 Å². The molecule has 0 amide bonds. The van der Waals surface area contributed by atoms with Crippen LogP contribution in [0.2, 0.25) is 0 Å². The first-order valence-electron chi connectivity index (χ1n) is 8.88. The Labute approximate surface area is 120 Å². The van der Waals surface area contributed by atoms with Gasteiger partial charge in [-0.15, -0.1) is 0 Å². The molecule has 19 heavy (non-hydrogen) atoms. The molecular weight excluding hydrogens is 232 g/mol. The van der Waals surface area contributed by atoms with Gasteiger partial charge in [0.1, 0.15) is 0 Å². The first-order chi connectivity index (χ1) is 9.20. The molecule has 2 aliphatic carbocycles. The summed E-state index contributed by atoms with van der Waals surface area (Å²) in [5.74, 6) is 3.10. The van der Waals surface area contributed by atoms with Crippen molar-refractivity contribution in [3.8, 4) is 0 Å². The van der Waals surface area contributed by atoms with E-state index in [4.69, 9.17) is 0 Å². The molecule has 0 spiro atoms. The Morgan fingerprint density at radius 3 is 1.95 bits per heavy atom. The van der Waals surface area contributed by atoms with E-state index < -0.39 is 0 Å². The van der Waals surface area contributed by atoms with Crippen molar-refractivity contribution in [2.24, 2.45) is 23.7 Å². The summed E-state index contributed by atoms with van der Waals surface area (Å²) in [4.78, 5) is 0. The van der Waals surface area contributed by atoms with Crippen LogP contribution in [0.25, 0.3) is 0 Å². The maximum atomic E-state index is 10.6. The molecule has 0 aromatic carbocycles. The van der Waals surface area contributed by atoms with Crippen LogP contribution in [-0.2, 0) is 0 Å². The second kappa shape index (κ2) is 7.67. The van der Waals surface area contributed by atoms with Gasteiger partial charge in [-0.05, 0) is 49.4 Å². The number of rotatable bonds is 5. The van der Waals surface area contributed by atoms with E-state index in [1.54, 1.807) is 0 Å². The molecule has 0 aromatic heterocycles. The molecule has 1 heteroatoms. The Kier molecular flexibility index (Phi) is 6.19. The summed E-state index contributed by atoms with van der Waals surface area (Å²) in [6.07, 6.45) is 14.8. The number of aliphatic hydroxyl groups is 1. The van der Waals surface area contributed by atoms with Crippen molar-refractivity contribution < 1.29 is 5.11 Å². The van der Waals surface area contributed by atoms with Gasteiger partial charge >= 0.3 is 0 Å². The Bertz CT molecular complexity index is 234. The molecule has 112 valence electrons. The number of hydrogen-bond acceptors (Lipinski definition) is 1. The first-order valence-corrected chi connectivity index (χ1v) is 8.88. The Balaban J connectivity index is 1.71. The van der Waals surface area contributed by atoms with E-state index >= 15 is 0 Å². The van der Waals surface area contributed by atoms with Gasteiger partial charge in [0.05, 0.1) is 6.10 Å². The van der Waals surface area contributed by atoms with E-state index in [0.29, 0.717) is 11.8 Å². The van der Waals surface area contributed by atoms with Gasteiger partial charge < -0.3 is 5.11 Å². The lowest BCUT2D eigenvalue weighted by Gasteiger charge is -2.37. The van der Waals surface area contributed by atoms with Crippen molar-refractivity contribution in [2.45, 2.75) is 90.6 Å². The van der Waals surface area contributed by atoms with Gasteiger partial charge in [-0.3, -0.25) is 0 Å². The van der Waals surface area contributed by atoms with E-state index in [1.807, 2.05) is 0 Å². The minimum absolute atomic E-state index is 0.0135. The lowest BCUT2D eigenvalue weighted by Crippen LogP contribution is -2.34. The van der Waals surface area contributed by atoms with Crippen LogP contribution in [0, 0.1) is 23.7 Å². The molecule has 0 aliphatic heterocycles. The molecule has 0 saturated heterocycles. The molecule has 0 radical (unpaired) electrons. The van der Waals surface area contributed by atoms with Gasteiger partial charge in [-0.2, -0.15) is 0 Å². The molecule has 0 bridgehead atoms. The van der Waals surface area contributed by atoms with Crippen LogP contribution in [0.3, 0.4) is 0 Å². The normalized spacial score (nSPS) is 38.1.